The molecule has 7 nitrogen and oxygen atoms in total. The number of hydrazine groups is 1. The van der Waals surface area contributed by atoms with E-state index in [2.05, 4.69) is 15.7 Å². The van der Waals surface area contributed by atoms with Crippen LogP contribution in [0.15, 0.2) is 34.2 Å². The fraction of sp³-hybridized carbons (Fsp3) is 0.462. The molecule has 0 aliphatic carbocycles. The molecule has 0 fully saturated rings. The number of nitrogens with one attached hydrogen (secondary N) is 2. The Labute approximate surface area is 125 Å². The molecule has 0 aliphatic rings. The second-order valence-electron chi connectivity index (χ2n) is 4.73. The van der Waals surface area contributed by atoms with Gasteiger partial charge in [-0.15, -0.1) is 0 Å². The van der Waals surface area contributed by atoms with Crippen LogP contribution in [0.2, 0.25) is 0 Å². The Balaban J connectivity index is 2.69. The predicted molar refractivity (Wildman–Crippen MR) is 82.5 cm³/mol. The van der Waals surface area contributed by atoms with E-state index >= 15 is 0 Å². The maximum absolute atomic E-state index is 11.4. The van der Waals surface area contributed by atoms with Crippen LogP contribution in [0, 0.1) is 0 Å². The summed E-state index contributed by atoms with van der Waals surface area (Å²) in [5.74, 6) is 5.85. The number of sulfone groups is 1. The van der Waals surface area contributed by atoms with E-state index in [4.69, 9.17) is 10.6 Å². The summed E-state index contributed by atoms with van der Waals surface area (Å²) in [4.78, 5) is 4.58. The smallest absolute Gasteiger partial charge is 0.206 e. The molecule has 1 rings (SSSR count). The summed E-state index contributed by atoms with van der Waals surface area (Å²) in [7, 11) is -1.55. The lowest BCUT2D eigenvalue weighted by Gasteiger charge is -2.15. The average Bonchev–Trinajstić information content (AvgIpc) is 2.43. The first-order valence-electron chi connectivity index (χ1n) is 6.42. The van der Waals surface area contributed by atoms with Gasteiger partial charge in [0.25, 0.3) is 0 Å². The van der Waals surface area contributed by atoms with Crippen LogP contribution in [0.25, 0.3) is 0 Å². The van der Waals surface area contributed by atoms with Crippen molar-refractivity contribution in [3.05, 3.63) is 29.8 Å². The van der Waals surface area contributed by atoms with Crippen LogP contribution in [0.4, 0.5) is 0 Å². The molecule has 0 amide bonds. The van der Waals surface area contributed by atoms with Gasteiger partial charge in [0.2, 0.25) is 5.96 Å². The molecule has 4 N–H and O–H groups in total. The van der Waals surface area contributed by atoms with Crippen LogP contribution < -0.4 is 16.6 Å². The van der Waals surface area contributed by atoms with Crippen molar-refractivity contribution in [3.63, 3.8) is 0 Å². The van der Waals surface area contributed by atoms with Gasteiger partial charge in [0, 0.05) is 19.4 Å². The zero-order valence-electron chi connectivity index (χ0n) is 12.5. The van der Waals surface area contributed by atoms with E-state index in [0.717, 1.165) is 5.56 Å². The molecule has 0 spiro atoms. The van der Waals surface area contributed by atoms with Crippen LogP contribution in [0.5, 0.6) is 0 Å². The molecule has 1 aromatic rings. The Morgan fingerprint density at radius 3 is 2.48 bits per heavy atom. The molecule has 1 aromatic carbocycles. The standard InChI is InChI=1S/C13H22N4O3S/c1-10(9-20-2)16-13(17-14)15-8-11-4-6-12(7-5-11)21(3,18)19/h4-7,10H,8-9,14H2,1-3H3,(H2,15,16,17). The molecular formula is C13H22N4O3S. The maximum Gasteiger partial charge on any atom is 0.206 e. The Hall–Kier alpha value is -1.64. The third-order valence-electron chi connectivity index (χ3n) is 2.71. The monoisotopic (exact) mass is 314 g/mol. The predicted octanol–water partition coefficient (Wildman–Crippen LogP) is 0.0339. The second kappa shape index (κ2) is 7.96. The first-order chi connectivity index (χ1) is 9.86. The minimum absolute atomic E-state index is 0.0670. The van der Waals surface area contributed by atoms with E-state index < -0.39 is 9.84 Å². The normalized spacial score (nSPS) is 13.8. The number of rotatable bonds is 6. The van der Waals surface area contributed by atoms with Gasteiger partial charge < -0.3 is 10.1 Å². The number of ether oxygens (including phenoxy) is 1. The van der Waals surface area contributed by atoms with Gasteiger partial charge in [-0.2, -0.15) is 0 Å². The minimum atomic E-state index is -3.17. The summed E-state index contributed by atoms with van der Waals surface area (Å²) in [5.41, 5.74) is 3.37. The first kappa shape index (κ1) is 17.4. The lowest BCUT2D eigenvalue weighted by molar-refractivity contribution is 0.179. The van der Waals surface area contributed by atoms with Gasteiger partial charge in [0.05, 0.1) is 18.0 Å². The van der Waals surface area contributed by atoms with E-state index in [9.17, 15) is 8.42 Å². The minimum Gasteiger partial charge on any atom is -0.383 e. The van der Waals surface area contributed by atoms with Crippen molar-refractivity contribution >= 4 is 15.8 Å². The number of nitrogens with two attached hydrogens (primary N) is 1. The van der Waals surface area contributed by atoms with Crippen molar-refractivity contribution in [1.82, 2.24) is 10.7 Å². The first-order valence-corrected chi connectivity index (χ1v) is 8.31. The van der Waals surface area contributed by atoms with E-state index in [0.29, 0.717) is 24.0 Å². The molecule has 0 saturated carbocycles. The van der Waals surface area contributed by atoms with Crippen LogP contribution in [0.1, 0.15) is 12.5 Å². The molecule has 0 aliphatic heterocycles. The molecule has 1 unspecified atom stereocenters. The van der Waals surface area contributed by atoms with Crippen LogP contribution >= 0.6 is 0 Å². The lowest BCUT2D eigenvalue weighted by Crippen LogP contribution is -2.46. The van der Waals surface area contributed by atoms with E-state index in [1.54, 1.807) is 31.4 Å². The molecular weight excluding hydrogens is 292 g/mol. The highest BCUT2D eigenvalue weighted by atomic mass is 32.2. The van der Waals surface area contributed by atoms with Gasteiger partial charge in [-0.3, -0.25) is 5.43 Å². The van der Waals surface area contributed by atoms with E-state index in [1.807, 2.05) is 6.92 Å². The molecule has 0 aromatic heterocycles. The lowest BCUT2D eigenvalue weighted by atomic mass is 10.2. The molecule has 118 valence electrons. The highest BCUT2D eigenvalue weighted by molar-refractivity contribution is 7.90. The number of guanidine groups is 1. The van der Waals surface area contributed by atoms with Crippen LogP contribution in [-0.4, -0.2) is 40.4 Å². The van der Waals surface area contributed by atoms with Gasteiger partial charge in [-0.25, -0.2) is 19.3 Å². The molecule has 0 radical (unpaired) electrons. The van der Waals surface area contributed by atoms with Gasteiger partial charge in [0.15, 0.2) is 9.84 Å². The number of nitrogens with zero attached hydrogens (tertiary/aromatic N) is 1. The average molecular weight is 314 g/mol. The Morgan fingerprint density at radius 2 is 2.00 bits per heavy atom. The highest BCUT2D eigenvalue weighted by Crippen LogP contribution is 2.10. The van der Waals surface area contributed by atoms with Crippen molar-refractivity contribution in [1.29, 1.82) is 0 Å². The van der Waals surface area contributed by atoms with Gasteiger partial charge >= 0.3 is 0 Å². The number of benzene rings is 1. The summed E-state index contributed by atoms with van der Waals surface area (Å²) >= 11 is 0. The quantitative estimate of drug-likeness (QED) is 0.296. The topological polar surface area (TPSA) is 106 Å². The zero-order valence-corrected chi connectivity index (χ0v) is 13.3. The van der Waals surface area contributed by atoms with Crippen molar-refractivity contribution in [2.75, 3.05) is 20.0 Å². The molecule has 0 heterocycles. The maximum atomic E-state index is 11.4. The molecule has 8 heteroatoms. The summed E-state index contributed by atoms with van der Waals surface area (Å²) in [5, 5.41) is 3.07. The Bertz CT molecular complexity index is 570. The number of hydrogen-bond acceptors (Lipinski definition) is 5. The largest absolute Gasteiger partial charge is 0.383 e. The van der Waals surface area contributed by atoms with E-state index in [1.165, 1.54) is 6.26 Å². The van der Waals surface area contributed by atoms with E-state index in [-0.39, 0.29) is 6.04 Å². The van der Waals surface area contributed by atoms with Crippen molar-refractivity contribution in [2.45, 2.75) is 24.4 Å². The molecule has 0 saturated heterocycles. The summed E-state index contributed by atoms with van der Waals surface area (Å²) in [6.07, 6.45) is 1.18. The number of aliphatic imine (C=N–C) groups is 1. The number of methoxy groups -OCH3 is 1. The molecule has 21 heavy (non-hydrogen) atoms. The Kier molecular flexibility index (Phi) is 6.60. The summed E-state index contributed by atoms with van der Waals surface area (Å²) in [6.45, 7) is 2.86. The zero-order chi connectivity index (χ0) is 15.9. The van der Waals surface area contributed by atoms with Crippen LogP contribution in [-0.2, 0) is 21.1 Å². The van der Waals surface area contributed by atoms with Crippen molar-refractivity contribution < 1.29 is 13.2 Å². The fourth-order valence-electron chi connectivity index (χ4n) is 1.67. The highest BCUT2D eigenvalue weighted by Gasteiger charge is 2.06. The fourth-order valence-corrected chi connectivity index (χ4v) is 2.30. The molecule has 1 atom stereocenters. The summed E-state index contributed by atoms with van der Waals surface area (Å²) < 4.78 is 27.7. The second-order valence-corrected chi connectivity index (χ2v) is 6.74. The Morgan fingerprint density at radius 1 is 1.38 bits per heavy atom. The van der Waals surface area contributed by atoms with Gasteiger partial charge in [-0.05, 0) is 24.6 Å². The van der Waals surface area contributed by atoms with Crippen molar-refractivity contribution in [3.8, 4) is 0 Å². The SMILES string of the molecule is COCC(C)NC(=NCc1ccc(S(C)(=O)=O)cc1)NN. The van der Waals surface area contributed by atoms with Crippen LogP contribution in [0.3, 0.4) is 0 Å². The number of hydrogen-bond donors (Lipinski definition) is 3. The van der Waals surface area contributed by atoms with Gasteiger partial charge in [0.1, 0.15) is 0 Å². The third kappa shape index (κ3) is 6.11. The third-order valence-corrected chi connectivity index (χ3v) is 3.84. The molecule has 0 bridgehead atoms. The van der Waals surface area contributed by atoms with Crippen molar-refractivity contribution in [2.24, 2.45) is 10.8 Å². The van der Waals surface area contributed by atoms with Gasteiger partial charge in [-0.1, -0.05) is 12.1 Å². The summed E-state index contributed by atoms with van der Waals surface area (Å²) in [6, 6.07) is 6.66.